The summed E-state index contributed by atoms with van der Waals surface area (Å²) in [6.45, 7) is 6.96. The van der Waals surface area contributed by atoms with Gasteiger partial charge in [-0.2, -0.15) is 0 Å². The third-order valence-corrected chi connectivity index (χ3v) is 3.31. The van der Waals surface area contributed by atoms with Gasteiger partial charge in [-0.15, -0.1) is 0 Å². The molecule has 1 unspecified atom stereocenters. The van der Waals surface area contributed by atoms with Crippen LogP contribution in [0.2, 0.25) is 0 Å². The van der Waals surface area contributed by atoms with E-state index in [1.54, 1.807) is 6.26 Å². The fraction of sp³-hybridized carbons (Fsp3) is 0.692. The van der Waals surface area contributed by atoms with Crippen LogP contribution in [-0.4, -0.2) is 31.1 Å². The maximum absolute atomic E-state index is 5.43. The molecule has 1 N–H and O–H groups in total. The lowest BCUT2D eigenvalue weighted by molar-refractivity contribution is 0.317. The zero-order valence-corrected chi connectivity index (χ0v) is 10.1. The molecule has 90 valence electrons. The summed E-state index contributed by atoms with van der Waals surface area (Å²) in [6.07, 6.45) is 5.57. The van der Waals surface area contributed by atoms with Crippen molar-refractivity contribution in [3.63, 3.8) is 0 Å². The van der Waals surface area contributed by atoms with E-state index in [9.17, 15) is 0 Å². The Morgan fingerprint density at radius 3 is 2.88 bits per heavy atom. The Morgan fingerprint density at radius 2 is 2.25 bits per heavy atom. The normalized spacial score (nSPS) is 19.1. The Hall–Kier alpha value is -0.800. The highest BCUT2D eigenvalue weighted by atomic mass is 16.3. The predicted octanol–water partition coefficient (Wildman–Crippen LogP) is 2.42. The Morgan fingerprint density at radius 1 is 1.44 bits per heavy atom. The summed E-state index contributed by atoms with van der Waals surface area (Å²) in [5.41, 5.74) is 0. The van der Waals surface area contributed by atoms with Gasteiger partial charge in [0.15, 0.2) is 0 Å². The van der Waals surface area contributed by atoms with Gasteiger partial charge in [-0.05, 0) is 44.5 Å². The van der Waals surface area contributed by atoms with Crippen LogP contribution in [0.1, 0.15) is 38.0 Å². The van der Waals surface area contributed by atoms with Gasteiger partial charge in [-0.25, -0.2) is 0 Å². The van der Waals surface area contributed by atoms with Gasteiger partial charge in [0.1, 0.15) is 5.76 Å². The predicted molar refractivity (Wildman–Crippen MR) is 65.4 cm³/mol. The van der Waals surface area contributed by atoms with E-state index in [0.29, 0.717) is 6.04 Å². The first-order valence-electron chi connectivity index (χ1n) is 6.39. The van der Waals surface area contributed by atoms with Crippen molar-refractivity contribution in [1.29, 1.82) is 0 Å². The van der Waals surface area contributed by atoms with E-state index >= 15 is 0 Å². The van der Waals surface area contributed by atoms with Crippen molar-refractivity contribution >= 4 is 0 Å². The van der Waals surface area contributed by atoms with Crippen LogP contribution in [-0.2, 0) is 0 Å². The average molecular weight is 222 g/mol. The maximum Gasteiger partial charge on any atom is 0.120 e. The lowest BCUT2D eigenvalue weighted by Gasteiger charge is -2.18. The second-order valence-corrected chi connectivity index (χ2v) is 4.48. The molecule has 0 amide bonds. The average Bonchev–Trinajstić information content (AvgIpc) is 2.96. The molecule has 0 spiro atoms. The summed E-state index contributed by atoms with van der Waals surface area (Å²) in [7, 11) is 0. The molecule has 0 bridgehead atoms. The van der Waals surface area contributed by atoms with Crippen LogP contribution < -0.4 is 5.32 Å². The summed E-state index contributed by atoms with van der Waals surface area (Å²) in [5, 5.41) is 3.56. The van der Waals surface area contributed by atoms with Gasteiger partial charge < -0.3 is 14.6 Å². The first kappa shape index (κ1) is 11.7. The van der Waals surface area contributed by atoms with E-state index < -0.39 is 0 Å². The third kappa shape index (κ3) is 3.09. The molecular formula is C13H22N2O. The number of likely N-dealkylation sites (tertiary alicyclic amines) is 1. The molecule has 1 aromatic heterocycles. The van der Waals surface area contributed by atoms with Crippen LogP contribution in [0.5, 0.6) is 0 Å². The molecule has 0 saturated carbocycles. The molecule has 2 heterocycles. The summed E-state index contributed by atoms with van der Waals surface area (Å²) < 4.78 is 5.43. The van der Waals surface area contributed by atoms with Crippen LogP contribution in [0.4, 0.5) is 0 Å². The standard InChI is InChI=1S/C13H22N2O/c1-2-12(13-6-5-11-16-13)14-7-10-15-8-3-4-9-15/h5-6,11-12,14H,2-4,7-10H2,1H3. The molecule has 0 aliphatic carbocycles. The molecule has 1 saturated heterocycles. The monoisotopic (exact) mass is 222 g/mol. The van der Waals surface area contributed by atoms with E-state index in [4.69, 9.17) is 4.42 Å². The summed E-state index contributed by atoms with van der Waals surface area (Å²) in [5.74, 6) is 1.06. The molecular weight excluding hydrogens is 200 g/mol. The number of hydrogen-bond donors (Lipinski definition) is 1. The summed E-state index contributed by atoms with van der Waals surface area (Å²) >= 11 is 0. The van der Waals surface area contributed by atoms with Crippen molar-refractivity contribution in [1.82, 2.24) is 10.2 Å². The van der Waals surface area contributed by atoms with Crippen molar-refractivity contribution in [2.75, 3.05) is 26.2 Å². The quantitative estimate of drug-likeness (QED) is 0.801. The van der Waals surface area contributed by atoms with E-state index in [1.807, 2.05) is 6.07 Å². The zero-order valence-electron chi connectivity index (χ0n) is 10.1. The Kier molecular flexibility index (Phi) is 4.43. The zero-order chi connectivity index (χ0) is 11.2. The topological polar surface area (TPSA) is 28.4 Å². The Balaban J connectivity index is 1.71. The number of rotatable bonds is 6. The maximum atomic E-state index is 5.43. The van der Waals surface area contributed by atoms with Crippen molar-refractivity contribution in [2.24, 2.45) is 0 Å². The van der Waals surface area contributed by atoms with Gasteiger partial charge in [-0.3, -0.25) is 0 Å². The van der Waals surface area contributed by atoms with Crippen LogP contribution in [0.15, 0.2) is 22.8 Å². The molecule has 1 atom stereocenters. The fourth-order valence-corrected chi connectivity index (χ4v) is 2.34. The lowest BCUT2D eigenvalue weighted by atomic mass is 10.2. The van der Waals surface area contributed by atoms with Gasteiger partial charge >= 0.3 is 0 Å². The van der Waals surface area contributed by atoms with Crippen LogP contribution in [0.25, 0.3) is 0 Å². The van der Waals surface area contributed by atoms with E-state index in [-0.39, 0.29) is 0 Å². The molecule has 1 aromatic rings. The molecule has 3 heteroatoms. The molecule has 1 aliphatic heterocycles. The minimum absolute atomic E-state index is 0.373. The van der Waals surface area contributed by atoms with Crippen molar-refractivity contribution in [3.8, 4) is 0 Å². The highest BCUT2D eigenvalue weighted by Crippen LogP contribution is 2.16. The first-order valence-corrected chi connectivity index (χ1v) is 6.39. The van der Waals surface area contributed by atoms with Gasteiger partial charge in [0.05, 0.1) is 12.3 Å². The number of furan rings is 1. The van der Waals surface area contributed by atoms with Gasteiger partial charge in [0.25, 0.3) is 0 Å². The van der Waals surface area contributed by atoms with Crippen LogP contribution in [0.3, 0.4) is 0 Å². The molecule has 2 rings (SSSR count). The van der Waals surface area contributed by atoms with Crippen LogP contribution >= 0.6 is 0 Å². The molecule has 0 aromatic carbocycles. The lowest BCUT2D eigenvalue weighted by Crippen LogP contribution is -2.31. The highest BCUT2D eigenvalue weighted by molar-refractivity contribution is 5.03. The largest absolute Gasteiger partial charge is 0.468 e. The van der Waals surface area contributed by atoms with Crippen molar-refractivity contribution in [3.05, 3.63) is 24.2 Å². The van der Waals surface area contributed by atoms with Gasteiger partial charge in [-0.1, -0.05) is 6.92 Å². The Labute approximate surface area is 97.8 Å². The Bertz CT molecular complexity index is 278. The smallest absolute Gasteiger partial charge is 0.120 e. The third-order valence-electron chi connectivity index (χ3n) is 3.31. The van der Waals surface area contributed by atoms with Gasteiger partial charge in [0, 0.05) is 13.1 Å². The number of nitrogens with zero attached hydrogens (tertiary/aromatic N) is 1. The van der Waals surface area contributed by atoms with E-state index in [1.165, 1.54) is 25.9 Å². The van der Waals surface area contributed by atoms with E-state index in [2.05, 4.69) is 23.2 Å². The highest BCUT2D eigenvalue weighted by Gasteiger charge is 2.13. The van der Waals surface area contributed by atoms with Crippen LogP contribution in [0, 0.1) is 0 Å². The second-order valence-electron chi connectivity index (χ2n) is 4.48. The molecule has 1 fully saturated rings. The summed E-state index contributed by atoms with van der Waals surface area (Å²) in [4.78, 5) is 2.53. The minimum atomic E-state index is 0.373. The molecule has 3 nitrogen and oxygen atoms in total. The van der Waals surface area contributed by atoms with E-state index in [0.717, 1.165) is 25.3 Å². The molecule has 1 aliphatic rings. The minimum Gasteiger partial charge on any atom is -0.468 e. The molecule has 16 heavy (non-hydrogen) atoms. The molecule has 0 radical (unpaired) electrons. The second kappa shape index (κ2) is 6.06. The number of nitrogens with one attached hydrogen (secondary N) is 1. The SMILES string of the molecule is CCC(NCCN1CCCC1)c1ccco1. The fourth-order valence-electron chi connectivity index (χ4n) is 2.34. The van der Waals surface area contributed by atoms with Crippen molar-refractivity contribution < 1.29 is 4.42 Å². The van der Waals surface area contributed by atoms with Gasteiger partial charge in [0.2, 0.25) is 0 Å². The number of hydrogen-bond acceptors (Lipinski definition) is 3. The van der Waals surface area contributed by atoms with Crippen molar-refractivity contribution in [2.45, 2.75) is 32.2 Å². The first-order chi connectivity index (χ1) is 7.90. The summed E-state index contributed by atoms with van der Waals surface area (Å²) in [6, 6.07) is 4.38.